The number of hydrogen-bond acceptors (Lipinski definition) is 0. The standard InChI is InChI=1S/C7H11/c1-4-6-7(3)5-2/h1,4-7H,2-3H3/t7-/m0/s1. The average molecular weight is 95.2 g/mol. The molecule has 0 heteroatoms. The second-order valence-corrected chi connectivity index (χ2v) is 1.58. The maximum atomic E-state index is 5.10. The van der Waals surface area contributed by atoms with Gasteiger partial charge in [-0.3, -0.25) is 0 Å². The Kier molecular flexibility index (Phi) is 4.17. The third kappa shape index (κ3) is 3.84. The van der Waals surface area contributed by atoms with Gasteiger partial charge in [-0.2, -0.15) is 0 Å². The Labute approximate surface area is 46.9 Å². The minimum absolute atomic E-state index is 0.519. The molecule has 0 fully saturated rings. The molecule has 0 amide bonds. The molecule has 0 saturated heterocycles. The minimum Gasteiger partial charge on any atom is -0.0620 e. The van der Waals surface area contributed by atoms with Crippen molar-refractivity contribution in [1.29, 1.82) is 0 Å². The first kappa shape index (κ1) is 7.00. The highest BCUT2D eigenvalue weighted by Gasteiger charge is 1.93. The van der Waals surface area contributed by atoms with E-state index >= 15 is 0 Å². The van der Waals surface area contributed by atoms with Crippen LogP contribution < -0.4 is 0 Å². The van der Waals surface area contributed by atoms with E-state index in [0.717, 1.165) is 0 Å². The minimum atomic E-state index is 0.519. The van der Waals surface area contributed by atoms with Gasteiger partial charge in [-0.1, -0.05) is 13.8 Å². The first-order valence-electron chi connectivity index (χ1n) is 2.49. The largest absolute Gasteiger partial charge is 0.0620 e. The Morgan fingerprint density at radius 2 is 2.14 bits per heavy atom. The molecule has 5 radical (unpaired) electrons. The topological polar surface area (TPSA) is 0 Å². The summed E-state index contributed by atoms with van der Waals surface area (Å²) in [5.74, 6) is 0.519. The molecule has 0 aliphatic heterocycles. The molecule has 0 heterocycles. The molecule has 7 heavy (non-hydrogen) atoms. The zero-order valence-electron chi connectivity index (χ0n) is 4.89. The van der Waals surface area contributed by atoms with Gasteiger partial charge in [-0.15, -0.1) is 0 Å². The molecule has 0 aromatic heterocycles. The molecule has 0 saturated carbocycles. The third-order valence-corrected chi connectivity index (χ3v) is 0.940. The molecule has 1 atom stereocenters. The van der Waals surface area contributed by atoms with Crippen LogP contribution in [0.5, 0.6) is 0 Å². The van der Waals surface area contributed by atoms with Crippen molar-refractivity contribution < 1.29 is 0 Å². The van der Waals surface area contributed by atoms with E-state index in [0.29, 0.717) is 5.92 Å². The van der Waals surface area contributed by atoms with Gasteiger partial charge in [0.1, 0.15) is 0 Å². The van der Waals surface area contributed by atoms with Gasteiger partial charge in [0, 0.05) is 0 Å². The average Bonchev–Trinajstić information content (AvgIpc) is 1.68. The predicted molar refractivity (Wildman–Crippen MR) is 32.0 cm³/mol. The van der Waals surface area contributed by atoms with Gasteiger partial charge in [-0.25, -0.2) is 0 Å². The first-order valence-corrected chi connectivity index (χ1v) is 2.49. The van der Waals surface area contributed by atoms with Crippen LogP contribution in [0.1, 0.15) is 13.8 Å². The molecule has 0 aromatic rings. The van der Waals surface area contributed by atoms with Gasteiger partial charge in [0.25, 0.3) is 0 Å². The molecule has 0 aliphatic carbocycles. The van der Waals surface area contributed by atoms with Crippen LogP contribution in [-0.2, 0) is 0 Å². The zero-order valence-corrected chi connectivity index (χ0v) is 4.89. The fourth-order valence-electron chi connectivity index (χ4n) is 0.286. The molecular formula is C7H11. The summed E-state index contributed by atoms with van der Waals surface area (Å²) in [6.07, 6.45) is 5.61. The fourth-order valence-corrected chi connectivity index (χ4v) is 0.286. The van der Waals surface area contributed by atoms with Gasteiger partial charge in [0.05, 0.1) is 0 Å². The predicted octanol–water partition coefficient (Wildman–Crippen LogP) is 1.97. The molecule has 0 N–H and O–H groups in total. The second kappa shape index (κ2) is 4.17. The summed E-state index contributed by atoms with van der Waals surface area (Å²) < 4.78 is 0. The molecule has 0 unspecified atom stereocenters. The van der Waals surface area contributed by atoms with Gasteiger partial charge < -0.3 is 0 Å². The maximum absolute atomic E-state index is 5.10. The quantitative estimate of drug-likeness (QED) is 0.502. The monoisotopic (exact) mass is 95.1 g/mol. The number of rotatable bonds is 3. The van der Waals surface area contributed by atoms with Crippen LogP contribution in [0.2, 0.25) is 0 Å². The summed E-state index contributed by atoms with van der Waals surface area (Å²) in [7, 11) is 0. The van der Waals surface area contributed by atoms with Crippen molar-refractivity contribution in [2.24, 2.45) is 5.92 Å². The van der Waals surface area contributed by atoms with E-state index in [2.05, 4.69) is 13.3 Å². The summed E-state index contributed by atoms with van der Waals surface area (Å²) >= 11 is 0. The van der Waals surface area contributed by atoms with E-state index in [9.17, 15) is 0 Å². The Morgan fingerprint density at radius 3 is 2.29 bits per heavy atom. The van der Waals surface area contributed by atoms with Crippen molar-refractivity contribution in [2.45, 2.75) is 13.8 Å². The van der Waals surface area contributed by atoms with Crippen molar-refractivity contribution in [3.63, 3.8) is 0 Å². The van der Waals surface area contributed by atoms with E-state index < -0.39 is 0 Å². The van der Waals surface area contributed by atoms with Crippen LogP contribution in [0.25, 0.3) is 0 Å². The van der Waals surface area contributed by atoms with Crippen LogP contribution in [-0.4, -0.2) is 0 Å². The first-order chi connectivity index (χ1) is 3.31. The molecule has 0 spiro atoms. The Bertz CT molecular complexity index is 31.0. The van der Waals surface area contributed by atoms with E-state index in [1.165, 1.54) is 0 Å². The lowest BCUT2D eigenvalue weighted by molar-refractivity contribution is 0.798. The van der Waals surface area contributed by atoms with Crippen LogP contribution >= 0.6 is 0 Å². The molecule has 0 aliphatic rings. The molecular weight excluding hydrogens is 84.1 g/mol. The summed E-state index contributed by atoms with van der Waals surface area (Å²) in [6.45, 7) is 9.21. The van der Waals surface area contributed by atoms with E-state index in [4.69, 9.17) is 6.92 Å². The van der Waals surface area contributed by atoms with Gasteiger partial charge in [0.2, 0.25) is 0 Å². The van der Waals surface area contributed by atoms with Gasteiger partial charge in [0.15, 0.2) is 0 Å². The SMILES string of the molecule is [CH][CH][CH][C@@H](C)[CH]C. The highest BCUT2D eigenvalue weighted by atomic mass is 14.0. The molecule has 0 nitrogen and oxygen atoms in total. The van der Waals surface area contributed by atoms with Crippen LogP contribution in [0, 0.1) is 32.1 Å². The van der Waals surface area contributed by atoms with Crippen LogP contribution in [0.3, 0.4) is 0 Å². The Balaban J connectivity index is 2.83. The lowest BCUT2D eigenvalue weighted by Crippen LogP contribution is -1.91. The normalized spacial score (nSPS) is 14.1. The van der Waals surface area contributed by atoms with Crippen molar-refractivity contribution in [1.82, 2.24) is 0 Å². The van der Waals surface area contributed by atoms with Crippen molar-refractivity contribution >= 4 is 0 Å². The van der Waals surface area contributed by atoms with Crippen molar-refractivity contribution in [3.05, 3.63) is 26.2 Å². The molecule has 0 bridgehead atoms. The number of hydrogen-bond donors (Lipinski definition) is 0. The summed E-state index contributed by atoms with van der Waals surface area (Å²) in [5, 5.41) is 0. The molecule has 39 valence electrons. The lowest BCUT2D eigenvalue weighted by Gasteiger charge is -2.01. The lowest BCUT2D eigenvalue weighted by atomic mass is 10.0. The maximum Gasteiger partial charge on any atom is -0.0312 e. The summed E-state index contributed by atoms with van der Waals surface area (Å²) in [5.41, 5.74) is 0. The smallest absolute Gasteiger partial charge is 0.0312 e. The van der Waals surface area contributed by atoms with E-state index in [-0.39, 0.29) is 0 Å². The molecule has 0 aromatic carbocycles. The van der Waals surface area contributed by atoms with Crippen molar-refractivity contribution in [2.75, 3.05) is 0 Å². The summed E-state index contributed by atoms with van der Waals surface area (Å²) in [4.78, 5) is 0. The van der Waals surface area contributed by atoms with Gasteiger partial charge >= 0.3 is 0 Å². The van der Waals surface area contributed by atoms with Crippen LogP contribution in [0.15, 0.2) is 0 Å². The van der Waals surface area contributed by atoms with E-state index in [1.54, 1.807) is 6.42 Å². The van der Waals surface area contributed by atoms with E-state index in [1.807, 2.05) is 13.3 Å². The van der Waals surface area contributed by atoms with Crippen molar-refractivity contribution in [3.8, 4) is 0 Å². The van der Waals surface area contributed by atoms with Gasteiger partial charge in [-0.05, 0) is 32.1 Å². The summed E-state index contributed by atoms with van der Waals surface area (Å²) in [6, 6.07) is 0. The Hall–Kier alpha value is 0. The zero-order chi connectivity index (χ0) is 5.70. The molecule has 0 rings (SSSR count). The Morgan fingerprint density at radius 1 is 1.57 bits per heavy atom. The fraction of sp³-hybridized carbons (Fsp3) is 0.429. The second-order valence-electron chi connectivity index (χ2n) is 1.58. The highest BCUT2D eigenvalue weighted by Crippen LogP contribution is 2.03. The highest BCUT2D eigenvalue weighted by molar-refractivity contribution is 4.93. The van der Waals surface area contributed by atoms with Crippen LogP contribution in [0.4, 0.5) is 0 Å². The third-order valence-electron chi connectivity index (χ3n) is 0.940.